The van der Waals surface area contributed by atoms with Gasteiger partial charge in [0.15, 0.2) is 18.1 Å². The molecule has 6 rings (SSSR count). The van der Waals surface area contributed by atoms with Crippen molar-refractivity contribution in [3.8, 4) is 23.1 Å². The highest BCUT2D eigenvalue weighted by Gasteiger charge is 2.18. The number of carbonyl (C=O) groups excluding carboxylic acids is 1. The average molecular weight is 672 g/mol. The van der Waals surface area contributed by atoms with Gasteiger partial charge in [-0.3, -0.25) is 9.59 Å². The zero-order valence-corrected chi connectivity index (χ0v) is 25.8. The Morgan fingerprint density at radius 3 is 2.66 bits per heavy atom. The van der Waals surface area contributed by atoms with E-state index in [0.29, 0.717) is 49.5 Å². The first-order chi connectivity index (χ1) is 21.3. The standard InChI is InChI=1S/C33H24BrClN4O5/c1-19-8-3-5-10-25(19)37-30(40)18-43-31-23(34)14-20(15-24(31)35)17-36-39-32(38-26-11-6-4-9-21(26)33(39)41)29-16-22-27(42-2)12-7-13-28(22)44-29/h3-17H,18H2,1-2H3,(H,37,40). The summed E-state index contributed by atoms with van der Waals surface area (Å²) in [6.45, 7) is 1.66. The van der Waals surface area contributed by atoms with Gasteiger partial charge in [0.1, 0.15) is 11.3 Å². The molecule has 11 heteroatoms. The lowest BCUT2D eigenvalue weighted by Gasteiger charge is -2.12. The maximum absolute atomic E-state index is 13.6. The fourth-order valence-corrected chi connectivity index (χ4v) is 5.66. The molecule has 0 aliphatic rings. The van der Waals surface area contributed by atoms with Gasteiger partial charge in [-0.15, -0.1) is 0 Å². The zero-order valence-electron chi connectivity index (χ0n) is 23.5. The highest BCUT2D eigenvalue weighted by Crippen LogP contribution is 2.35. The summed E-state index contributed by atoms with van der Waals surface area (Å²) in [4.78, 5) is 30.8. The number of methoxy groups -OCH3 is 1. The third-order valence-electron chi connectivity index (χ3n) is 6.83. The van der Waals surface area contributed by atoms with Crippen molar-refractivity contribution in [1.29, 1.82) is 0 Å². The van der Waals surface area contributed by atoms with Crippen molar-refractivity contribution in [2.45, 2.75) is 6.92 Å². The number of halogens is 2. The van der Waals surface area contributed by atoms with Crippen LogP contribution in [0, 0.1) is 6.92 Å². The number of furan rings is 1. The van der Waals surface area contributed by atoms with Crippen molar-refractivity contribution in [3.63, 3.8) is 0 Å². The summed E-state index contributed by atoms with van der Waals surface area (Å²) in [7, 11) is 1.58. The highest BCUT2D eigenvalue weighted by molar-refractivity contribution is 9.10. The quantitative estimate of drug-likeness (QED) is 0.169. The second-order valence-corrected chi connectivity index (χ2v) is 11.0. The molecule has 0 atom stereocenters. The SMILES string of the molecule is COc1cccc2oc(-c3nc4ccccc4c(=O)n3N=Cc3cc(Cl)c(OCC(=O)Nc4ccccc4C)c(Br)c3)cc12. The van der Waals surface area contributed by atoms with Crippen molar-refractivity contribution in [2.75, 3.05) is 19.0 Å². The first-order valence-electron chi connectivity index (χ1n) is 13.4. The maximum atomic E-state index is 13.6. The van der Waals surface area contributed by atoms with E-state index in [0.717, 1.165) is 10.9 Å². The van der Waals surface area contributed by atoms with E-state index in [2.05, 4.69) is 26.3 Å². The molecule has 0 aliphatic carbocycles. The van der Waals surface area contributed by atoms with Crippen LogP contribution in [0.1, 0.15) is 11.1 Å². The first kappa shape index (κ1) is 29.2. The largest absolute Gasteiger partial charge is 0.496 e. The molecule has 6 aromatic rings. The van der Waals surface area contributed by atoms with Crippen LogP contribution in [0.5, 0.6) is 11.5 Å². The molecule has 0 fully saturated rings. The minimum absolute atomic E-state index is 0.216. The lowest BCUT2D eigenvalue weighted by molar-refractivity contribution is -0.118. The molecule has 0 spiro atoms. The molecule has 9 nitrogen and oxygen atoms in total. The summed E-state index contributed by atoms with van der Waals surface area (Å²) in [6.07, 6.45) is 1.48. The number of rotatable bonds is 8. The Morgan fingerprint density at radius 2 is 1.86 bits per heavy atom. The Balaban J connectivity index is 1.31. The van der Waals surface area contributed by atoms with Gasteiger partial charge in [0, 0.05) is 5.69 Å². The average Bonchev–Trinajstić information content (AvgIpc) is 3.46. The van der Waals surface area contributed by atoms with Gasteiger partial charge in [-0.1, -0.05) is 48.0 Å². The fraction of sp³-hybridized carbons (Fsp3) is 0.0909. The molecule has 0 unspecified atom stereocenters. The molecule has 0 saturated heterocycles. The van der Waals surface area contributed by atoms with Crippen LogP contribution in [0.25, 0.3) is 33.5 Å². The van der Waals surface area contributed by atoms with Crippen LogP contribution in [0.4, 0.5) is 5.69 Å². The fourth-order valence-electron chi connectivity index (χ4n) is 4.67. The molecule has 0 saturated carbocycles. The van der Waals surface area contributed by atoms with Crippen LogP contribution in [0.2, 0.25) is 5.02 Å². The summed E-state index contributed by atoms with van der Waals surface area (Å²) in [5, 5.41) is 8.70. The number of nitrogens with zero attached hydrogens (tertiary/aromatic N) is 3. The molecule has 0 bridgehead atoms. The van der Waals surface area contributed by atoms with Gasteiger partial charge < -0.3 is 19.2 Å². The molecule has 2 heterocycles. The Kier molecular flexibility index (Phi) is 8.19. The summed E-state index contributed by atoms with van der Waals surface area (Å²) in [6, 6.07) is 25.0. The van der Waals surface area contributed by atoms with Gasteiger partial charge in [0.25, 0.3) is 11.5 Å². The molecule has 2 aromatic heterocycles. The summed E-state index contributed by atoms with van der Waals surface area (Å²) in [5.41, 5.74) is 2.92. The number of nitrogens with one attached hydrogen (secondary N) is 1. The molecular weight excluding hydrogens is 648 g/mol. The van der Waals surface area contributed by atoms with Crippen molar-refractivity contribution in [1.82, 2.24) is 9.66 Å². The lowest BCUT2D eigenvalue weighted by Crippen LogP contribution is -2.21. The molecule has 0 aliphatic heterocycles. The molecule has 4 aromatic carbocycles. The van der Waals surface area contributed by atoms with Crippen LogP contribution in [-0.2, 0) is 4.79 Å². The van der Waals surface area contributed by atoms with Gasteiger partial charge in [-0.2, -0.15) is 9.78 Å². The van der Waals surface area contributed by atoms with Gasteiger partial charge in [-0.05, 0) is 82.5 Å². The smallest absolute Gasteiger partial charge is 0.282 e. The monoisotopic (exact) mass is 670 g/mol. The number of aryl methyl sites for hydroxylation is 1. The van der Waals surface area contributed by atoms with E-state index < -0.39 is 0 Å². The predicted octanol–water partition coefficient (Wildman–Crippen LogP) is 7.44. The van der Waals surface area contributed by atoms with Gasteiger partial charge >= 0.3 is 0 Å². The number of hydrogen-bond acceptors (Lipinski definition) is 7. The molecule has 0 radical (unpaired) electrons. The van der Waals surface area contributed by atoms with Crippen LogP contribution < -0.4 is 20.3 Å². The second kappa shape index (κ2) is 12.4. The van der Waals surface area contributed by atoms with Crippen LogP contribution in [0.15, 0.2) is 104 Å². The Labute approximate surface area is 264 Å². The van der Waals surface area contributed by atoms with Crippen molar-refractivity contribution in [2.24, 2.45) is 5.10 Å². The van der Waals surface area contributed by atoms with Gasteiger partial charge in [-0.25, -0.2) is 4.98 Å². The topological polar surface area (TPSA) is 108 Å². The maximum Gasteiger partial charge on any atom is 0.282 e. The van der Waals surface area contributed by atoms with E-state index in [1.165, 1.54) is 10.9 Å². The van der Waals surface area contributed by atoms with E-state index in [9.17, 15) is 9.59 Å². The summed E-state index contributed by atoms with van der Waals surface area (Å²) < 4.78 is 19.0. The van der Waals surface area contributed by atoms with Crippen LogP contribution in [0.3, 0.4) is 0 Å². The molecular formula is C33H24BrClN4O5. The number of para-hydroxylation sites is 2. The molecule has 44 heavy (non-hydrogen) atoms. The highest BCUT2D eigenvalue weighted by atomic mass is 79.9. The number of benzene rings is 4. The van der Waals surface area contributed by atoms with Crippen molar-refractivity contribution < 1.29 is 18.7 Å². The minimum atomic E-state index is -0.376. The van der Waals surface area contributed by atoms with E-state index in [1.807, 2.05) is 55.5 Å². The van der Waals surface area contributed by atoms with Gasteiger partial charge in [0.2, 0.25) is 5.82 Å². The Bertz CT molecular complexity index is 2120. The molecule has 220 valence electrons. The van der Waals surface area contributed by atoms with Crippen LogP contribution in [-0.4, -0.2) is 35.5 Å². The van der Waals surface area contributed by atoms with E-state index in [-0.39, 0.29) is 28.9 Å². The molecule has 1 amide bonds. The Morgan fingerprint density at radius 1 is 1.07 bits per heavy atom. The number of aromatic nitrogens is 2. The van der Waals surface area contributed by atoms with E-state index in [1.54, 1.807) is 43.5 Å². The van der Waals surface area contributed by atoms with Gasteiger partial charge in [0.05, 0.1) is 39.1 Å². The zero-order chi connectivity index (χ0) is 30.8. The third kappa shape index (κ3) is 5.82. The minimum Gasteiger partial charge on any atom is -0.496 e. The number of carbonyl (C=O) groups is 1. The Hall–Kier alpha value is -4.93. The summed E-state index contributed by atoms with van der Waals surface area (Å²) in [5.74, 6) is 1.16. The number of amides is 1. The van der Waals surface area contributed by atoms with E-state index >= 15 is 0 Å². The predicted molar refractivity (Wildman–Crippen MR) is 175 cm³/mol. The third-order valence-corrected chi connectivity index (χ3v) is 7.70. The van der Waals surface area contributed by atoms with Crippen molar-refractivity contribution >= 4 is 67.2 Å². The van der Waals surface area contributed by atoms with Crippen LogP contribution >= 0.6 is 27.5 Å². The normalized spacial score (nSPS) is 11.4. The number of hydrogen-bond donors (Lipinski definition) is 1. The number of ether oxygens (including phenoxy) is 2. The first-order valence-corrected chi connectivity index (χ1v) is 14.6. The number of fused-ring (bicyclic) bond motifs is 2. The molecule has 1 N–H and O–H groups in total. The lowest BCUT2D eigenvalue weighted by atomic mass is 10.2. The van der Waals surface area contributed by atoms with E-state index in [4.69, 9.17) is 30.5 Å². The summed E-state index contributed by atoms with van der Waals surface area (Å²) >= 11 is 10.0. The number of anilines is 1. The van der Waals surface area contributed by atoms with Crippen molar-refractivity contribution in [3.05, 3.63) is 116 Å². The second-order valence-electron chi connectivity index (χ2n) is 9.76.